The number of hydrogen-bond donors (Lipinski definition) is 0. The third kappa shape index (κ3) is 5.48. The lowest BCUT2D eigenvalue weighted by Gasteiger charge is -2.32. The number of aryl methyl sites for hydroxylation is 1. The highest BCUT2D eigenvalue weighted by molar-refractivity contribution is 6.97. The number of aromatic nitrogens is 3. The van der Waals surface area contributed by atoms with Crippen molar-refractivity contribution in [1.29, 1.82) is 0 Å². The van der Waals surface area contributed by atoms with Crippen molar-refractivity contribution in [2.45, 2.75) is 59.3 Å². The second kappa shape index (κ2) is 14.0. The van der Waals surface area contributed by atoms with Crippen LogP contribution in [0.3, 0.4) is 0 Å². The highest BCUT2D eigenvalue weighted by Gasteiger charge is 2.38. The van der Waals surface area contributed by atoms with Gasteiger partial charge in [0, 0.05) is 62.3 Å². The second-order valence-electron chi connectivity index (χ2n) is 18.7. The number of rotatable bonds is 6. The van der Waals surface area contributed by atoms with Crippen LogP contribution in [0, 0.1) is 0 Å². The Balaban J connectivity index is 1.17. The van der Waals surface area contributed by atoms with Crippen LogP contribution in [0.15, 0.2) is 158 Å². The molecule has 0 atom stereocenters. The highest BCUT2D eigenvalue weighted by atomic mass is 16.5. The Bertz CT molecular complexity index is 3630. The minimum Gasteiger partial charge on any atom is -0.458 e. The predicted octanol–water partition coefficient (Wildman–Crippen LogP) is 13.5. The van der Waals surface area contributed by atoms with Gasteiger partial charge in [0.1, 0.15) is 11.5 Å². The summed E-state index contributed by atoms with van der Waals surface area (Å²) in [6, 6.07) is 58.7. The largest absolute Gasteiger partial charge is 0.458 e. The zero-order chi connectivity index (χ0) is 42.8. The van der Waals surface area contributed by atoms with Crippen LogP contribution >= 0.6 is 0 Å². The molecule has 0 spiro atoms. The van der Waals surface area contributed by atoms with Gasteiger partial charge in [-0.1, -0.05) is 150 Å². The minimum absolute atomic E-state index is 0.0523. The standard InChI is InChI=1S/C58H50BN3O/c1-34(2)37-29-45(35(3)4)56(46(30-37)36(5)6)59-48-28-25-39(62-52-24-16-12-20-41(52)44-27-26-43-40-19-11-14-22-50(40)60(7)57(43)58(44)62)31-54(48)63-55-32-47-42-21-13-15-23-51(42)61(53(47)33-49(55)59)38-17-9-8-10-18-38/h8-36H,1-7H3. The smallest absolute Gasteiger partial charge is 0.251 e. The third-order valence-electron chi connectivity index (χ3n) is 14.1. The average Bonchev–Trinajstić information content (AvgIpc) is 3.92. The van der Waals surface area contributed by atoms with Crippen molar-refractivity contribution in [3.05, 3.63) is 174 Å². The van der Waals surface area contributed by atoms with Crippen molar-refractivity contribution >= 4 is 88.5 Å². The first-order valence-corrected chi connectivity index (χ1v) is 22.7. The number of fused-ring (bicyclic) bond motifs is 12. The number of nitrogens with zero attached hydrogens (tertiary/aromatic N) is 3. The Morgan fingerprint density at radius 2 is 0.968 bits per heavy atom. The van der Waals surface area contributed by atoms with E-state index in [9.17, 15) is 0 Å². The van der Waals surface area contributed by atoms with Crippen molar-refractivity contribution in [1.82, 2.24) is 13.7 Å². The van der Waals surface area contributed by atoms with Crippen LogP contribution in [-0.2, 0) is 7.05 Å². The van der Waals surface area contributed by atoms with Crippen LogP contribution in [0.25, 0.3) is 76.8 Å². The summed E-state index contributed by atoms with van der Waals surface area (Å²) >= 11 is 0. The van der Waals surface area contributed by atoms with E-state index in [1.54, 1.807) is 0 Å². The Morgan fingerprint density at radius 1 is 0.413 bits per heavy atom. The molecule has 3 aromatic heterocycles. The Kier molecular flexibility index (Phi) is 8.40. The van der Waals surface area contributed by atoms with Gasteiger partial charge in [-0.05, 0) is 93.9 Å². The molecule has 11 aromatic rings. The van der Waals surface area contributed by atoms with Crippen molar-refractivity contribution in [2.75, 3.05) is 0 Å². The normalized spacial score (nSPS) is 12.9. The molecule has 0 aliphatic carbocycles. The highest BCUT2D eigenvalue weighted by Crippen LogP contribution is 2.42. The molecule has 5 heteroatoms. The molecule has 0 fully saturated rings. The molecule has 306 valence electrons. The first-order valence-electron chi connectivity index (χ1n) is 22.7. The molecule has 0 unspecified atom stereocenters. The van der Waals surface area contributed by atoms with Gasteiger partial charge in [0.05, 0.1) is 27.6 Å². The summed E-state index contributed by atoms with van der Waals surface area (Å²) < 4.78 is 14.7. The summed E-state index contributed by atoms with van der Waals surface area (Å²) in [6.07, 6.45) is 0. The number of benzene rings is 8. The van der Waals surface area contributed by atoms with Gasteiger partial charge in [-0.3, -0.25) is 0 Å². The molecular formula is C58H50BN3O. The van der Waals surface area contributed by atoms with E-state index < -0.39 is 0 Å². The molecule has 0 radical (unpaired) electrons. The van der Waals surface area contributed by atoms with Crippen molar-refractivity contribution < 1.29 is 4.74 Å². The Hall–Kier alpha value is -6.98. The quantitative estimate of drug-likeness (QED) is 0.153. The van der Waals surface area contributed by atoms with Gasteiger partial charge < -0.3 is 18.4 Å². The molecule has 0 amide bonds. The van der Waals surface area contributed by atoms with Gasteiger partial charge in [-0.15, -0.1) is 0 Å². The van der Waals surface area contributed by atoms with Gasteiger partial charge in [0.15, 0.2) is 0 Å². The van der Waals surface area contributed by atoms with E-state index in [4.69, 9.17) is 4.74 Å². The molecule has 63 heavy (non-hydrogen) atoms. The number of hydrogen-bond acceptors (Lipinski definition) is 1. The first kappa shape index (κ1) is 37.8. The van der Waals surface area contributed by atoms with E-state index in [2.05, 4.69) is 220 Å². The first-order chi connectivity index (χ1) is 30.7. The van der Waals surface area contributed by atoms with E-state index in [1.165, 1.54) is 98.5 Å². The van der Waals surface area contributed by atoms with Gasteiger partial charge in [0.25, 0.3) is 6.71 Å². The maximum Gasteiger partial charge on any atom is 0.251 e. The second-order valence-corrected chi connectivity index (χ2v) is 18.7. The van der Waals surface area contributed by atoms with Gasteiger partial charge in [-0.2, -0.15) is 0 Å². The molecule has 8 aromatic carbocycles. The van der Waals surface area contributed by atoms with E-state index >= 15 is 0 Å². The zero-order valence-corrected chi connectivity index (χ0v) is 37.1. The van der Waals surface area contributed by atoms with Gasteiger partial charge in [-0.25, -0.2) is 0 Å². The minimum atomic E-state index is -0.0523. The van der Waals surface area contributed by atoms with Crippen LogP contribution in [0.1, 0.15) is 76.0 Å². The summed E-state index contributed by atoms with van der Waals surface area (Å²) in [6.45, 7) is 14.1. The fraction of sp³-hybridized carbons (Fsp3) is 0.172. The number of para-hydroxylation sites is 4. The van der Waals surface area contributed by atoms with Crippen LogP contribution < -0.4 is 21.1 Å². The van der Waals surface area contributed by atoms with Crippen LogP contribution in [0.5, 0.6) is 11.5 Å². The van der Waals surface area contributed by atoms with Gasteiger partial charge >= 0.3 is 0 Å². The van der Waals surface area contributed by atoms with Crippen LogP contribution in [-0.4, -0.2) is 20.4 Å². The Morgan fingerprint density at radius 3 is 1.62 bits per heavy atom. The summed E-state index contributed by atoms with van der Waals surface area (Å²) in [7, 11) is 2.21. The van der Waals surface area contributed by atoms with Crippen LogP contribution in [0.2, 0.25) is 0 Å². The molecule has 12 rings (SSSR count). The van der Waals surface area contributed by atoms with E-state index in [0.717, 1.165) is 22.9 Å². The van der Waals surface area contributed by atoms with Crippen molar-refractivity contribution in [2.24, 2.45) is 7.05 Å². The third-order valence-corrected chi connectivity index (χ3v) is 14.1. The van der Waals surface area contributed by atoms with Gasteiger partial charge in [0.2, 0.25) is 0 Å². The van der Waals surface area contributed by atoms with Crippen molar-refractivity contribution in [3.63, 3.8) is 0 Å². The summed E-state index contributed by atoms with van der Waals surface area (Å²) in [5, 5.41) is 7.43. The van der Waals surface area contributed by atoms with E-state index in [0.29, 0.717) is 17.8 Å². The molecule has 0 saturated heterocycles. The molecule has 4 nitrogen and oxygen atoms in total. The maximum absolute atomic E-state index is 7.36. The van der Waals surface area contributed by atoms with Crippen molar-refractivity contribution in [3.8, 4) is 22.9 Å². The van der Waals surface area contributed by atoms with Crippen LogP contribution in [0.4, 0.5) is 0 Å². The lowest BCUT2D eigenvalue weighted by Crippen LogP contribution is -2.57. The predicted molar refractivity (Wildman–Crippen MR) is 269 cm³/mol. The monoisotopic (exact) mass is 815 g/mol. The van der Waals surface area contributed by atoms with E-state index in [1.807, 2.05) is 0 Å². The van der Waals surface area contributed by atoms with E-state index in [-0.39, 0.29) is 6.71 Å². The maximum atomic E-state index is 7.36. The summed E-state index contributed by atoms with van der Waals surface area (Å²) in [4.78, 5) is 0. The molecule has 1 aliphatic heterocycles. The summed E-state index contributed by atoms with van der Waals surface area (Å²) in [5.74, 6) is 2.90. The Labute approximate surface area is 369 Å². The zero-order valence-electron chi connectivity index (χ0n) is 37.1. The average molecular weight is 816 g/mol. The fourth-order valence-corrected chi connectivity index (χ4v) is 11.1. The fourth-order valence-electron chi connectivity index (χ4n) is 11.1. The molecule has 4 heterocycles. The topological polar surface area (TPSA) is 24.0 Å². The number of ether oxygens (including phenoxy) is 1. The molecule has 0 saturated carbocycles. The molecular weight excluding hydrogens is 765 g/mol. The molecule has 0 bridgehead atoms. The molecule has 0 N–H and O–H groups in total. The molecule has 1 aliphatic rings. The lowest BCUT2D eigenvalue weighted by molar-refractivity contribution is 0.488. The SMILES string of the molecule is CC(C)c1cc(C(C)C)c(B2c3ccc(-n4c5ccccc5c5ccc6c7ccccc7n(C)c6c54)cc3Oc3cc4c5ccccc5n(-c5ccccc5)c4cc32)c(C(C)C)c1. The summed E-state index contributed by atoms with van der Waals surface area (Å²) in [5.41, 5.74) is 17.5. The lowest BCUT2D eigenvalue weighted by atomic mass is 9.33.